The van der Waals surface area contributed by atoms with Crippen LogP contribution in [0.25, 0.3) is 0 Å². The Bertz CT molecular complexity index is 402. The zero-order chi connectivity index (χ0) is 13.3. The van der Waals surface area contributed by atoms with Crippen molar-refractivity contribution in [2.75, 3.05) is 0 Å². The molecule has 0 aromatic heterocycles. The van der Waals surface area contributed by atoms with Crippen molar-refractivity contribution in [1.29, 1.82) is 0 Å². The molecular formula is C11H15O6P. The number of aliphatic hydroxyl groups excluding tert-OH is 3. The predicted octanol–water partition coefficient (Wildman–Crippen LogP) is -0.353. The number of aliphatic hydroxyl groups is 3. The molecule has 0 aliphatic carbocycles. The van der Waals surface area contributed by atoms with Crippen LogP contribution in [-0.4, -0.2) is 39.5 Å². The summed E-state index contributed by atoms with van der Waals surface area (Å²) in [5, 5.41) is 28.8. The molecule has 1 fully saturated rings. The van der Waals surface area contributed by atoms with Gasteiger partial charge in [-0.3, -0.25) is 0 Å². The largest absolute Gasteiger partial charge is 0.622 e. The molecule has 6 nitrogen and oxygen atoms in total. The zero-order valence-corrected chi connectivity index (χ0v) is 10.6. The standard InChI is InChI=1S/C11H15O6P/c1-7-9(12)10(13)11(14)18(15,16-7)17-8-5-3-2-4-6-8/h2-7,9-14H,1H3/t7-,9-,10-,11+,18?/m0/s1. The fourth-order valence-electron chi connectivity index (χ4n) is 1.70. The summed E-state index contributed by atoms with van der Waals surface area (Å²) in [6.45, 7) is 1.45. The highest BCUT2D eigenvalue weighted by Crippen LogP contribution is 2.60. The third-order valence-corrected chi connectivity index (χ3v) is 4.79. The molecule has 1 aliphatic heterocycles. The molecule has 7 heteroatoms. The summed E-state index contributed by atoms with van der Waals surface area (Å²) >= 11 is 0. The molecule has 1 aliphatic rings. The highest BCUT2D eigenvalue weighted by Gasteiger charge is 2.56. The Morgan fingerprint density at radius 1 is 1.17 bits per heavy atom. The first-order valence-corrected chi connectivity index (χ1v) is 7.12. The lowest BCUT2D eigenvalue weighted by molar-refractivity contribution is -0.248. The van der Waals surface area contributed by atoms with Crippen LogP contribution in [0.1, 0.15) is 6.92 Å². The first kappa shape index (κ1) is 13.7. The molecule has 1 unspecified atom stereocenters. The lowest BCUT2D eigenvalue weighted by Gasteiger charge is -2.41. The van der Waals surface area contributed by atoms with Gasteiger partial charge in [-0.25, -0.2) is 0 Å². The van der Waals surface area contributed by atoms with Crippen LogP contribution >= 0.6 is 7.94 Å². The summed E-state index contributed by atoms with van der Waals surface area (Å²) in [7, 11) is -3.93. The van der Waals surface area contributed by atoms with Crippen LogP contribution in [-0.2, 0) is 4.52 Å². The van der Waals surface area contributed by atoms with Gasteiger partial charge in [0.2, 0.25) is 0 Å². The van der Waals surface area contributed by atoms with Crippen LogP contribution in [0.5, 0.6) is 5.75 Å². The molecule has 5 atom stereocenters. The Morgan fingerprint density at radius 2 is 1.78 bits per heavy atom. The van der Waals surface area contributed by atoms with Gasteiger partial charge in [0.15, 0.2) is 5.75 Å². The summed E-state index contributed by atoms with van der Waals surface area (Å²) in [6, 6.07) is 8.21. The first-order chi connectivity index (χ1) is 8.44. The average molecular weight is 274 g/mol. The minimum absolute atomic E-state index is 0.260. The summed E-state index contributed by atoms with van der Waals surface area (Å²) in [4.78, 5) is 12.3. The van der Waals surface area contributed by atoms with Gasteiger partial charge in [-0.1, -0.05) is 18.2 Å². The van der Waals surface area contributed by atoms with Crippen molar-refractivity contribution < 1.29 is 29.3 Å². The van der Waals surface area contributed by atoms with Crippen LogP contribution < -0.4 is 9.42 Å². The fourth-order valence-corrected chi connectivity index (χ4v) is 3.53. The van der Waals surface area contributed by atoms with E-state index in [1.165, 1.54) is 6.92 Å². The Hall–Kier alpha value is -0.750. The lowest BCUT2D eigenvalue weighted by atomic mass is 10.1. The fraction of sp³-hybridized carbons (Fsp3) is 0.455. The van der Waals surface area contributed by atoms with Crippen LogP contribution in [0.4, 0.5) is 0 Å². The van der Waals surface area contributed by atoms with Gasteiger partial charge in [-0.2, -0.15) is 4.52 Å². The second-order valence-corrected chi connectivity index (χ2v) is 6.15. The van der Waals surface area contributed by atoms with Gasteiger partial charge in [0, 0.05) is 0 Å². The maximum Gasteiger partial charge on any atom is 0.317 e. The van der Waals surface area contributed by atoms with E-state index < -0.39 is 32.1 Å². The molecule has 100 valence electrons. The number of para-hydroxylation sites is 1. The van der Waals surface area contributed by atoms with E-state index in [1.54, 1.807) is 30.3 Å². The minimum atomic E-state index is -3.93. The second kappa shape index (κ2) is 5.09. The van der Waals surface area contributed by atoms with Gasteiger partial charge in [0.25, 0.3) is 5.85 Å². The zero-order valence-electron chi connectivity index (χ0n) is 9.71. The highest BCUT2D eigenvalue weighted by molar-refractivity contribution is 7.60. The quantitative estimate of drug-likeness (QED) is 0.637. The molecule has 1 aromatic rings. The number of hydrogen-bond acceptors (Lipinski definition) is 6. The predicted molar refractivity (Wildman–Crippen MR) is 62.6 cm³/mol. The van der Waals surface area contributed by atoms with Crippen molar-refractivity contribution in [1.82, 2.24) is 0 Å². The Balaban J connectivity index is 2.19. The Morgan fingerprint density at radius 3 is 2.39 bits per heavy atom. The van der Waals surface area contributed by atoms with Crippen LogP contribution in [0.2, 0.25) is 0 Å². The molecule has 18 heavy (non-hydrogen) atoms. The van der Waals surface area contributed by atoms with Crippen molar-refractivity contribution >= 4 is 7.94 Å². The smallest absolute Gasteiger partial charge is 0.317 e. The van der Waals surface area contributed by atoms with E-state index in [9.17, 15) is 20.2 Å². The van der Waals surface area contributed by atoms with E-state index in [2.05, 4.69) is 0 Å². The highest BCUT2D eigenvalue weighted by atomic mass is 31.2. The molecule has 2 rings (SSSR count). The van der Waals surface area contributed by atoms with Gasteiger partial charge in [-0.15, -0.1) is 0 Å². The van der Waals surface area contributed by atoms with Crippen LogP contribution in [0.15, 0.2) is 30.3 Å². The molecule has 0 amide bonds. The molecule has 1 saturated heterocycles. The minimum Gasteiger partial charge on any atom is -0.622 e. The van der Waals surface area contributed by atoms with Gasteiger partial charge in [0.1, 0.15) is 18.3 Å². The summed E-state index contributed by atoms with van der Waals surface area (Å²) in [5.74, 6) is -1.51. The van der Waals surface area contributed by atoms with Crippen molar-refractivity contribution in [3.8, 4) is 5.75 Å². The van der Waals surface area contributed by atoms with E-state index >= 15 is 0 Å². The summed E-state index contributed by atoms with van der Waals surface area (Å²) < 4.78 is 10.2. The maximum atomic E-state index is 12.3. The first-order valence-electron chi connectivity index (χ1n) is 5.51. The van der Waals surface area contributed by atoms with Gasteiger partial charge >= 0.3 is 7.94 Å². The van der Waals surface area contributed by atoms with Crippen LogP contribution in [0, 0.1) is 0 Å². The maximum absolute atomic E-state index is 12.3. The molecule has 0 saturated carbocycles. The lowest BCUT2D eigenvalue weighted by Crippen LogP contribution is -2.54. The molecule has 0 bridgehead atoms. The van der Waals surface area contributed by atoms with E-state index in [0.29, 0.717) is 0 Å². The summed E-state index contributed by atoms with van der Waals surface area (Å²) in [6.07, 6.45) is -3.76. The third-order valence-electron chi connectivity index (χ3n) is 2.75. The van der Waals surface area contributed by atoms with Gasteiger partial charge in [-0.05, 0) is 19.1 Å². The van der Waals surface area contributed by atoms with Crippen LogP contribution in [0.3, 0.4) is 0 Å². The van der Waals surface area contributed by atoms with Crippen molar-refractivity contribution in [3.05, 3.63) is 30.3 Å². The number of rotatable bonds is 2. The Kier molecular flexibility index (Phi) is 3.87. The Labute approximate surface area is 105 Å². The topological polar surface area (TPSA) is 102 Å². The average Bonchev–Trinajstić information content (AvgIpc) is 2.35. The van der Waals surface area contributed by atoms with Crippen molar-refractivity contribution in [3.63, 3.8) is 0 Å². The molecule has 1 heterocycles. The summed E-state index contributed by atoms with van der Waals surface area (Å²) in [5.41, 5.74) is 0. The van der Waals surface area contributed by atoms with E-state index in [4.69, 9.17) is 9.05 Å². The SMILES string of the molecule is C[C@@H]1O[P+]([O-])(Oc2ccccc2)[C@@H](O)[C@@H](O)[C@H]1O. The number of benzene rings is 1. The van der Waals surface area contributed by atoms with E-state index in [1.807, 2.05) is 0 Å². The molecular weight excluding hydrogens is 259 g/mol. The molecule has 3 N–H and O–H groups in total. The third kappa shape index (κ3) is 2.49. The molecule has 0 spiro atoms. The van der Waals surface area contributed by atoms with Crippen molar-refractivity contribution in [2.24, 2.45) is 0 Å². The molecule has 1 aromatic carbocycles. The second-order valence-electron chi connectivity index (χ2n) is 4.15. The monoisotopic (exact) mass is 274 g/mol. The van der Waals surface area contributed by atoms with E-state index in [-0.39, 0.29) is 5.75 Å². The normalized spacial score (nSPS) is 40.5. The number of hydrogen-bond donors (Lipinski definition) is 3. The van der Waals surface area contributed by atoms with Gasteiger partial charge < -0.3 is 24.7 Å². The van der Waals surface area contributed by atoms with E-state index in [0.717, 1.165) is 0 Å². The van der Waals surface area contributed by atoms with Gasteiger partial charge in [0.05, 0.1) is 0 Å². The van der Waals surface area contributed by atoms with Crippen molar-refractivity contribution in [2.45, 2.75) is 31.1 Å². The molecule has 0 radical (unpaired) electrons.